The molecule has 0 bridgehead atoms. The zero-order valence-electron chi connectivity index (χ0n) is 14.4. The van der Waals surface area contributed by atoms with Crippen molar-refractivity contribution in [3.05, 3.63) is 58.7 Å². The molecule has 2 heterocycles. The van der Waals surface area contributed by atoms with Crippen LogP contribution in [0.5, 0.6) is 0 Å². The lowest BCUT2D eigenvalue weighted by Gasteiger charge is -2.32. The maximum absolute atomic E-state index is 13.0. The summed E-state index contributed by atoms with van der Waals surface area (Å²) in [4.78, 5) is 18.4. The molecule has 0 saturated carbocycles. The summed E-state index contributed by atoms with van der Waals surface area (Å²) in [6.07, 6.45) is -2.43. The fourth-order valence-electron chi connectivity index (χ4n) is 3.09. The maximum Gasteiger partial charge on any atom is 0.416 e. The Balaban J connectivity index is 1.54. The number of halogens is 4. The van der Waals surface area contributed by atoms with Crippen LogP contribution in [0.2, 0.25) is 5.02 Å². The molecule has 0 amide bonds. The van der Waals surface area contributed by atoms with Gasteiger partial charge in [-0.15, -0.1) is 0 Å². The van der Waals surface area contributed by atoms with Gasteiger partial charge in [-0.1, -0.05) is 29.8 Å². The van der Waals surface area contributed by atoms with Crippen LogP contribution in [0.1, 0.15) is 24.0 Å². The first-order chi connectivity index (χ1) is 12.8. The van der Waals surface area contributed by atoms with E-state index >= 15 is 0 Å². The molecule has 0 radical (unpaired) electrons. The first-order valence-electron chi connectivity index (χ1n) is 8.54. The topological polar surface area (TPSA) is 42.4 Å². The third-order valence-corrected chi connectivity index (χ3v) is 4.66. The zero-order valence-corrected chi connectivity index (χ0v) is 15.1. The second-order valence-corrected chi connectivity index (χ2v) is 6.78. The van der Waals surface area contributed by atoms with Crippen LogP contribution in [0.25, 0.3) is 0 Å². The summed E-state index contributed by atoms with van der Waals surface area (Å²) in [6.45, 7) is 1.29. The minimum atomic E-state index is -4.49. The first-order valence-corrected chi connectivity index (χ1v) is 8.92. The Labute approximate surface area is 159 Å². The fraction of sp³-hybridized carbons (Fsp3) is 0.368. The van der Waals surface area contributed by atoms with Gasteiger partial charge in [-0.3, -0.25) is 4.79 Å². The Kier molecular flexibility index (Phi) is 5.89. The largest absolute Gasteiger partial charge is 0.462 e. The lowest BCUT2D eigenvalue weighted by atomic mass is 10.0. The molecule has 1 aliphatic heterocycles. The van der Waals surface area contributed by atoms with Crippen molar-refractivity contribution in [2.24, 2.45) is 0 Å². The van der Waals surface area contributed by atoms with Crippen molar-refractivity contribution < 1.29 is 22.7 Å². The standard InChI is InChI=1S/C19H18ClF3N2O2/c20-14-5-6-17(24-12-14)25-9-7-15(8-10-25)27-18(26)11-13-3-1-2-4-16(13)19(21,22)23/h1-6,12,15H,7-11H2. The smallest absolute Gasteiger partial charge is 0.416 e. The van der Waals surface area contributed by atoms with Crippen LogP contribution in [0.3, 0.4) is 0 Å². The van der Waals surface area contributed by atoms with Crippen LogP contribution in [0.15, 0.2) is 42.6 Å². The summed E-state index contributed by atoms with van der Waals surface area (Å²) >= 11 is 5.83. The summed E-state index contributed by atoms with van der Waals surface area (Å²) in [5.41, 5.74) is -0.872. The Morgan fingerprint density at radius 1 is 1.19 bits per heavy atom. The van der Waals surface area contributed by atoms with E-state index in [9.17, 15) is 18.0 Å². The van der Waals surface area contributed by atoms with E-state index in [0.29, 0.717) is 31.0 Å². The Morgan fingerprint density at radius 3 is 2.52 bits per heavy atom. The van der Waals surface area contributed by atoms with E-state index in [1.165, 1.54) is 18.2 Å². The van der Waals surface area contributed by atoms with Crippen molar-refractivity contribution in [2.45, 2.75) is 31.5 Å². The van der Waals surface area contributed by atoms with Crippen LogP contribution in [0.4, 0.5) is 19.0 Å². The molecule has 0 unspecified atom stereocenters. The van der Waals surface area contributed by atoms with E-state index in [2.05, 4.69) is 9.88 Å². The predicted molar refractivity (Wildman–Crippen MR) is 95.7 cm³/mol. The fourth-order valence-corrected chi connectivity index (χ4v) is 3.20. The zero-order chi connectivity index (χ0) is 19.4. The molecule has 2 aromatic rings. The normalized spacial score (nSPS) is 15.6. The van der Waals surface area contributed by atoms with Crippen molar-refractivity contribution in [1.82, 2.24) is 4.98 Å². The van der Waals surface area contributed by atoms with Gasteiger partial charge in [0.1, 0.15) is 11.9 Å². The second-order valence-electron chi connectivity index (χ2n) is 6.34. The van der Waals surface area contributed by atoms with E-state index in [-0.39, 0.29) is 11.7 Å². The average Bonchev–Trinajstić information content (AvgIpc) is 2.62. The number of hydrogen-bond donors (Lipinski definition) is 0. The average molecular weight is 399 g/mol. The minimum Gasteiger partial charge on any atom is -0.462 e. The highest BCUT2D eigenvalue weighted by Crippen LogP contribution is 2.32. The van der Waals surface area contributed by atoms with Crippen LogP contribution >= 0.6 is 11.6 Å². The van der Waals surface area contributed by atoms with Crippen LogP contribution in [0, 0.1) is 0 Å². The van der Waals surface area contributed by atoms with Gasteiger partial charge in [0.2, 0.25) is 0 Å². The van der Waals surface area contributed by atoms with E-state index in [4.69, 9.17) is 16.3 Å². The molecular weight excluding hydrogens is 381 g/mol. The summed E-state index contributed by atoms with van der Waals surface area (Å²) in [6, 6.07) is 8.64. The van der Waals surface area contributed by atoms with Gasteiger partial charge in [-0.2, -0.15) is 13.2 Å². The molecule has 0 aliphatic carbocycles. The van der Waals surface area contributed by atoms with E-state index in [0.717, 1.165) is 11.9 Å². The number of carbonyl (C=O) groups is 1. The van der Waals surface area contributed by atoms with E-state index in [1.807, 2.05) is 6.07 Å². The van der Waals surface area contributed by atoms with Crippen molar-refractivity contribution in [1.29, 1.82) is 0 Å². The van der Waals surface area contributed by atoms with Gasteiger partial charge in [-0.05, 0) is 23.8 Å². The molecular formula is C19H18ClF3N2O2. The highest BCUT2D eigenvalue weighted by atomic mass is 35.5. The van der Waals surface area contributed by atoms with Gasteiger partial charge in [0, 0.05) is 32.1 Å². The highest BCUT2D eigenvalue weighted by Gasteiger charge is 2.33. The summed E-state index contributed by atoms with van der Waals surface area (Å²) in [7, 11) is 0. The third kappa shape index (κ3) is 5.13. The molecule has 4 nitrogen and oxygen atoms in total. The van der Waals surface area contributed by atoms with Crippen LogP contribution in [-0.2, 0) is 22.1 Å². The number of pyridine rings is 1. The number of piperidine rings is 1. The number of nitrogens with zero attached hydrogens (tertiary/aromatic N) is 2. The molecule has 0 spiro atoms. The Bertz CT molecular complexity index is 788. The second kappa shape index (κ2) is 8.17. The Hall–Kier alpha value is -2.28. The summed E-state index contributed by atoms with van der Waals surface area (Å²) in [5, 5.41) is 0.557. The van der Waals surface area contributed by atoms with Crippen LogP contribution in [-0.4, -0.2) is 30.1 Å². The van der Waals surface area contributed by atoms with Gasteiger partial charge in [0.15, 0.2) is 0 Å². The van der Waals surface area contributed by atoms with Crippen molar-refractivity contribution >= 4 is 23.4 Å². The van der Waals surface area contributed by atoms with Gasteiger partial charge in [-0.25, -0.2) is 4.98 Å². The van der Waals surface area contributed by atoms with Gasteiger partial charge < -0.3 is 9.64 Å². The molecule has 1 fully saturated rings. The number of anilines is 1. The Morgan fingerprint density at radius 2 is 1.89 bits per heavy atom. The number of rotatable bonds is 4. The molecule has 3 rings (SSSR count). The molecule has 1 aromatic carbocycles. The molecule has 144 valence electrons. The molecule has 1 saturated heterocycles. The van der Waals surface area contributed by atoms with E-state index in [1.54, 1.807) is 12.3 Å². The quantitative estimate of drug-likeness (QED) is 0.711. The number of esters is 1. The number of hydrogen-bond acceptors (Lipinski definition) is 4. The van der Waals surface area contributed by atoms with Crippen molar-refractivity contribution in [2.75, 3.05) is 18.0 Å². The van der Waals surface area contributed by atoms with Gasteiger partial charge in [0.05, 0.1) is 17.0 Å². The first kappa shape index (κ1) is 19.5. The summed E-state index contributed by atoms with van der Waals surface area (Å²) < 4.78 is 44.4. The van der Waals surface area contributed by atoms with Crippen LogP contribution < -0.4 is 4.90 Å². The van der Waals surface area contributed by atoms with Crippen molar-refractivity contribution in [3.63, 3.8) is 0 Å². The maximum atomic E-state index is 13.0. The molecule has 0 atom stereocenters. The molecule has 27 heavy (non-hydrogen) atoms. The SMILES string of the molecule is O=C(Cc1ccccc1C(F)(F)F)OC1CCN(c2ccc(Cl)cn2)CC1. The number of alkyl halides is 3. The highest BCUT2D eigenvalue weighted by molar-refractivity contribution is 6.30. The van der Waals surface area contributed by atoms with Gasteiger partial charge >= 0.3 is 12.1 Å². The minimum absolute atomic E-state index is 0.0715. The molecule has 1 aliphatic rings. The van der Waals surface area contributed by atoms with Crippen molar-refractivity contribution in [3.8, 4) is 0 Å². The number of ether oxygens (including phenoxy) is 1. The van der Waals surface area contributed by atoms with Gasteiger partial charge in [0.25, 0.3) is 0 Å². The number of aromatic nitrogens is 1. The molecule has 8 heteroatoms. The summed E-state index contributed by atoms with van der Waals surface area (Å²) in [5.74, 6) is 0.151. The lowest BCUT2D eigenvalue weighted by molar-refractivity contribution is -0.149. The lowest BCUT2D eigenvalue weighted by Crippen LogP contribution is -2.38. The predicted octanol–water partition coefficient (Wildman–Crippen LogP) is 4.51. The third-order valence-electron chi connectivity index (χ3n) is 4.43. The monoisotopic (exact) mass is 398 g/mol. The molecule has 0 N–H and O–H groups in total. The van der Waals surface area contributed by atoms with E-state index < -0.39 is 24.1 Å². The molecule has 1 aromatic heterocycles. The number of benzene rings is 1. The number of carbonyl (C=O) groups excluding carboxylic acids is 1.